The Balaban J connectivity index is 2.22. The summed E-state index contributed by atoms with van der Waals surface area (Å²) < 4.78 is 0. The number of carbonyl (C=O) groups excluding carboxylic acids is 1. The zero-order valence-corrected chi connectivity index (χ0v) is 9.47. The summed E-state index contributed by atoms with van der Waals surface area (Å²) in [7, 11) is 0. The molecule has 0 spiro atoms. The molecule has 2 aromatic carbocycles. The maximum Gasteiger partial charge on any atom is 0.165 e. The smallest absolute Gasteiger partial charge is 0.165 e. The highest BCUT2D eigenvalue weighted by Gasteiger charge is 2.04. The van der Waals surface area contributed by atoms with Crippen molar-refractivity contribution in [2.24, 2.45) is 0 Å². The lowest BCUT2D eigenvalue weighted by Gasteiger charge is -2.03. The molecule has 0 aliphatic heterocycles. The van der Waals surface area contributed by atoms with Gasteiger partial charge in [-0.05, 0) is 11.1 Å². The summed E-state index contributed by atoms with van der Waals surface area (Å²) in [5.74, 6) is -0.0212. The van der Waals surface area contributed by atoms with Crippen LogP contribution in [-0.2, 0) is 0 Å². The van der Waals surface area contributed by atoms with Gasteiger partial charge in [-0.15, -0.1) is 0 Å². The fourth-order valence-electron chi connectivity index (χ4n) is 1.73. The van der Waals surface area contributed by atoms with E-state index in [1.54, 1.807) is 12.1 Å². The first-order valence-corrected chi connectivity index (χ1v) is 5.61. The zero-order chi connectivity index (χ0) is 12.1. The molecule has 0 atom stereocenters. The van der Waals surface area contributed by atoms with Crippen LogP contribution in [0.2, 0.25) is 0 Å². The Labute approximate surface area is 101 Å². The molecule has 2 heteroatoms. The third-order valence-electron chi connectivity index (χ3n) is 2.65. The van der Waals surface area contributed by atoms with Gasteiger partial charge in [0.2, 0.25) is 0 Å². The lowest BCUT2D eigenvalue weighted by molar-refractivity contribution is 0.0956. The first-order chi connectivity index (χ1) is 8.31. The molecular formula is C15H14O2. The SMILES string of the molecule is O=C(CCO)c1ccc(-c2ccccc2)cc1. The van der Waals surface area contributed by atoms with Gasteiger partial charge in [-0.2, -0.15) is 0 Å². The second kappa shape index (κ2) is 5.41. The van der Waals surface area contributed by atoms with Gasteiger partial charge in [0.25, 0.3) is 0 Å². The van der Waals surface area contributed by atoms with E-state index in [4.69, 9.17) is 5.11 Å². The third-order valence-corrected chi connectivity index (χ3v) is 2.65. The van der Waals surface area contributed by atoms with Crippen molar-refractivity contribution in [2.75, 3.05) is 6.61 Å². The van der Waals surface area contributed by atoms with Crippen LogP contribution in [0.25, 0.3) is 11.1 Å². The molecule has 2 nitrogen and oxygen atoms in total. The molecular weight excluding hydrogens is 212 g/mol. The molecule has 0 radical (unpaired) electrons. The second-order valence-electron chi connectivity index (χ2n) is 3.84. The number of Topliss-reactive ketones (excluding diaryl/α,β-unsaturated/α-hetero) is 1. The molecule has 0 unspecified atom stereocenters. The highest BCUT2D eigenvalue weighted by Crippen LogP contribution is 2.19. The van der Waals surface area contributed by atoms with Gasteiger partial charge in [-0.25, -0.2) is 0 Å². The Morgan fingerprint density at radius 1 is 0.882 bits per heavy atom. The molecule has 86 valence electrons. The summed E-state index contributed by atoms with van der Waals surface area (Å²) in [6, 6.07) is 17.5. The van der Waals surface area contributed by atoms with E-state index < -0.39 is 0 Å². The highest BCUT2D eigenvalue weighted by molar-refractivity contribution is 5.96. The Kier molecular flexibility index (Phi) is 3.68. The lowest BCUT2D eigenvalue weighted by atomic mass is 10.0. The van der Waals surface area contributed by atoms with Crippen molar-refractivity contribution >= 4 is 5.78 Å². The predicted octanol–water partition coefficient (Wildman–Crippen LogP) is 2.92. The lowest BCUT2D eigenvalue weighted by Crippen LogP contribution is -2.01. The number of aliphatic hydroxyl groups is 1. The van der Waals surface area contributed by atoms with Crippen molar-refractivity contribution < 1.29 is 9.90 Å². The van der Waals surface area contributed by atoms with E-state index in [9.17, 15) is 4.79 Å². The summed E-state index contributed by atoms with van der Waals surface area (Å²) in [6.07, 6.45) is 0.185. The predicted molar refractivity (Wildman–Crippen MR) is 67.9 cm³/mol. The summed E-state index contributed by atoms with van der Waals surface area (Å²) in [5, 5.41) is 8.71. The van der Waals surface area contributed by atoms with E-state index in [1.807, 2.05) is 42.5 Å². The quantitative estimate of drug-likeness (QED) is 0.814. The Morgan fingerprint density at radius 2 is 1.47 bits per heavy atom. The van der Waals surface area contributed by atoms with E-state index in [2.05, 4.69) is 0 Å². The topological polar surface area (TPSA) is 37.3 Å². The van der Waals surface area contributed by atoms with Crippen molar-refractivity contribution in [1.82, 2.24) is 0 Å². The van der Waals surface area contributed by atoms with Crippen LogP contribution in [0.3, 0.4) is 0 Å². The molecule has 0 saturated carbocycles. The molecule has 0 aliphatic carbocycles. The standard InChI is InChI=1S/C15H14O2/c16-11-10-15(17)14-8-6-13(7-9-14)12-4-2-1-3-5-12/h1-9,16H,10-11H2. The van der Waals surface area contributed by atoms with E-state index >= 15 is 0 Å². The van der Waals surface area contributed by atoms with Crippen LogP contribution in [-0.4, -0.2) is 17.5 Å². The fourth-order valence-corrected chi connectivity index (χ4v) is 1.73. The van der Waals surface area contributed by atoms with Crippen LogP contribution in [0.15, 0.2) is 54.6 Å². The maximum atomic E-state index is 11.5. The van der Waals surface area contributed by atoms with Gasteiger partial charge in [-0.1, -0.05) is 54.6 Å². The number of ketones is 1. The molecule has 0 aromatic heterocycles. The summed E-state index contributed by atoms with van der Waals surface area (Å²) in [6.45, 7) is -0.0979. The second-order valence-corrected chi connectivity index (χ2v) is 3.84. The first-order valence-electron chi connectivity index (χ1n) is 5.61. The monoisotopic (exact) mass is 226 g/mol. The number of hydrogen-bond acceptors (Lipinski definition) is 2. The van der Waals surface area contributed by atoms with Crippen LogP contribution in [0.4, 0.5) is 0 Å². The number of hydrogen-bond donors (Lipinski definition) is 1. The number of aliphatic hydroxyl groups excluding tert-OH is 1. The minimum Gasteiger partial charge on any atom is -0.396 e. The van der Waals surface area contributed by atoms with Gasteiger partial charge in [0.05, 0.1) is 6.61 Å². The Morgan fingerprint density at radius 3 is 2.06 bits per heavy atom. The molecule has 0 heterocycles. The summed E-state index contributed by atoms with van der Waals surface area (Å²) >= 11 is 0. The highest BCUT2D eigenvalue weighted by atomic mass is 16.3. The van der Waals surface area contributed by atoms with Gasteiger partial charge in [-0.3, -0.25) is 4.79 Å². The van der Waals surface area contributed by atoms with Gasteiger partial charge in [0.1, 0.15) is 0 Å². The Hall–Kier alpha value is -1.93. The van der Waals surface area contributed by atoms with E-state index in [0.717, 1.165) is 11.1 Å². The number of carbonyl (C=O) groups is 1. The molecule has 0 amide bonds. The zero-order valence-electron chi connectivity index (χ0n) is 9.47. The molecule has 17 heavy (non-hydrogen) atoms. The van der Waals surface area contributed by atoms with Crippen LogP contribution in [0.5, 0.6) is 0 Å². The van der Waals surface area contributed by atoms with Gasteiger partial charge in [0, 0.05) is 12.0 Å². The van der Waals surface area contributed by atoms with E-state index in [-0.39, 0.29) is 18.8 Å². The van der Waals surface area contributed by atoms with Crippen LogP contribution in [0, 0.1) is 0 Å². The van der Waals surface area contributed by atoms with E-state index in [0.29, 0.717) is 5.56 Å². The average molecular weight is 226 g/mol. The van der Waals surface area contributed by atoms with Crippen molar-refractivity contribution in [3.63, 3.8) is 0 Å². The average Bonchev–Trinajstić information content (AvgIpc) is 2.40. The van der Waals surface area contributed by atoms with Gasteiger partial charge >= 0.3 is 0 Å². The fraction of sp³-hybridized carbons (Fsp3) is 0.133. The summed E-state index contributed by atoms with van der Waals surface area (Å²) in [4.78, 5) is 11.5. The minimum absolute atomic E-state index is 0.0212. The van der Waals surface area contributed by atoms with E-state index in [1.165, 1.54) is 0 Å². The molecule has 0 bridgehead atoms. The Bertz CT molecular complexity index is 486. The number of rotatable bonds is 4. The molecule has 0 saturated heterocycles. The summed E-state index contributed by atoms with van der Waals surface area (Å²) in [5.41, 5.74) is 2.87. The third kappa shape index (κ3) is 2.80. The van der Waals surface area contributed by atoms with Gasteiger partial charge in [0.15, 0.2) is 5.78 Å². The molecule has 2 rings (SSSR count). The molecule has 2 aromatic rings. The molecule has 0 aliphatic rings. The molecule has 1 N–H and O–H groups in total. The van der Waals surface area contributed by atoms with Crippen molar-refractivity contribution in [3.05, 3.63) is 60.2 Å². The first kappa shape index (κ1) is 11.6. The van der Waals surface area contributed by atoms with Crippen molar-refractivity contribution in [1.29, 1.82) is 0 Å². The maximum absolute atomic E-state index is 11.5. The van der Waals surface area contributed by atoms with Crippen LogP contribution in [0.1, 0.15) is 16.8 Å². The van der Waals surface area contributed by atoms with Crippen molar-refractivity contribution in [3.8, 4) is 11.1 Å². The minimum atomic E-state index is -0.0979. The van der Waals surface area contributed by atoms with Crippen molar-refractivity contribution in [2.45, 2.75) is 6.42 Å². The number of benzene rings is 2. The van der Waals surface area contributed by atoms with Crippen LogP contribution >= 0.6 is 0 Å². The molecule has 0 fully saturated rings. The van der Waals surface area contributed by atoms with Crippen LogP contribution < -0.4 is 0 Å². The van der Waals surface area contributed by atoms with Gasteiger partial charge < -0.3 is 5.11 Å². The normalized spacial score (nSPS) is 10.2. The largest absolute Gasteiger partial charge is 0.396 e.